The summed E-state index contributed by atoms with van der Waals surface area (Å²) in [4.78, 5) is 22.9. The number of hydrogen-bond acceptors (Lipinski definition) is 3. The molecule has 0 aliphatic rings. The fourth-order valence-electron chi connectivity index (χ4n) is 1.54. The SMILES string of the molecule is O=C(Oc1ccc(Br)cc1C(=O)O)c1ccccc1F. The summed E-state index contributed by atoms with van der Waals surface area (Å²) >= 11 is 3.12. The first-order chi connectivity index (χ1) is 9.49. The number of carbonyl (C=O) groups is 2. The zero-order chi connectivity index (χ0) is 14.7. The average molecular weight is 339 g/mol. The van der Waals surface area contributed by atoms with Crippen molar-refractivity contribution in [2.45, 2.75) is 0 Å². The van der Waals surface area contributed by atoms with Gasteiger partial charge in [0, 0.05) is 4.47 Å². The number of aromatic carboxylic acids is 1. The molecule has 0 aromatic heterocycles. The van der Waals surface area contributed by atoms with Crippen molar-refractivity contribution in [3.8, 4) is 5.75 Å². The van der Waals surface area contributed by atoms with E-state index in [9.17, 15) is 14.0 Å². The van der Waals surface area contributed by atoms with Gasteiger partial charge >= 0.3 is 11.9 Å². The number of esters is 1. The summed E-state index contributed by atoms with van der Waals surface area (Å²) in [6.45, 7) is 0. The predicted molar refractivity (Wildman–Crippen MR) is 72.5 cm³/mol. The summed E-state index contributed by atoms with van der Waals surface area (Å²) in [6, 6.07) is 9.45. The lowest BCUT2D eigenvalue weighted by Gasteiger charge is -2.08. The smallest absolute Gasteiger partial charge is 0.346 e. The topological polar surface area (TPSA) is 63.6 Å². The van der Waals surface area contributed by atoms with Gasteiger partial charge in [-0.25, -0.2) is 14.0 Å². The van der Waals surface area contributed by atoms with E-state index in [2.05, 4.69) is 15.9 Å². The van der Waals surface area contributed by atoms with Crippen LogP contribution in [0.3, 0.4) is 0 Å². The third kappa shape index (κ3) is 3.03. The van der Waals surface area contributed by atoms with E-state index >= 15 is 0 Å². The summed E-state index contributed by atoms with van der Waals surface area (Å²) in [5, 5.41) is 9.04. The maximum absolute atomic E-state index is 13.4. The zero-order valence-electron chi connectivity index (χ0n) is 9.97. The van der Waals surface area contributed by atoms with E-state index in [1.807, 2.05) is 0 Å². The van der Waals surface area contributed by atoms with Gasteiger partial charge in [0.2, 0.25) is 0 Å². The lowest BCUT2D eigenvalue weighted by molar-refractivity contribution is 0.0680. The third-order valence-electron chi connectivity index (χ3n) is 2.47. The van der Waals surface area contributed by atoms with Gasteiger partial charge < -0.3 is 9.84 Å². The lowest BCUT2D eigenvalue weighted by Crippen LogP contribution is -2.13. The molecule has 2 aromatic carbocycles. The molecule has 0 unspecified atom stereocenters. The molecular weight excluding hydrogens is 331 g/mol. The highest BCUT2D eigenvalue weighted by molar-refractivity contribution is 9.10. The van der Waals surface area contributed by atoms with Gasteiger partial charge in [-0.1, -0.05) is 28.1 Å². The number of halogens is 2. The molecule has 4 nitrogen and oxygen atoms in total. The standard InChI is InChI=1S/C14H8BrFO4/c15-8-5-6-12(10(7-8)13(17)18)20-14(19)9-3-1-2-4-11(9)16/h1-7H,(H,17,18). The molecule has 0 spiro atoms. The van der Waals surface area contributed by atoms with Gasteiger partial charge in [0.1, 0.15) is 17.1 Å². The average Bonchev–Trinajstić information content (AvgIpc) is 2.41. The lowest BCUT2D eigenvalue weighted by atomic mass is 10.2. The Kier molecular flexibility index (Phi) is 4.14. The van der Waals surface area contributed by atoms with Crippen molar-refractivity contribution in [1.29, 1.82) is 0 Å². The molecule has 1 N–H and O–H groups in total. The Morgan fingerprint density at radius 2 is 1.80 bits per heavy atom. The van der Waals surface area contributed by atoms with E-state index in [1.54, 1.807) is 0 Å². The quantitative estimate of drug-likeness (QED) is 0.687. The fourth-order valence-corrected chi connectivity index (χ4v) is 1.90. The predicted octanol–water partition coefficient (Wildman–Crippen LogP) is 3.51. The molecule has 0 bridgehead atoms. The maximum Gasteiger partial charge on any atom is 0.346 e. The highest BCUT2D eigenvalue weighted by Crippen LogP contribution is 2.24. The summed E-state index contributed by atoms with van der Waals surface area (Å²) in [6.07, 6.45) is 0. The van der Waals surface area contributed by atoms with Crippen molar-refractivity contribution in [3.05, 3.63) is 63.9 Å². The van der Waals surface area contributed by atoms with Crippen molar-refractivity contribution < 1.29 is 23.8 Å². The number of carboxylic acids is 1. The van der Waals surface area contributed by atoms with E-state index in [0.717, 1.165) is 6.07 Å². The van der Waals surface area contributed by atoms with Crippen LogP contribution in [0.15, 0.2) is 46.9 Å². The molecule has 2 aromatic rings. The third-order valence-corrected chi connectivity index (χ3v) is 2.96. The zero-order valence-corrected chi connectivity index (χ0v) is 11.6. The van der Waals surface area contributed by atoms with Gasteiger partial charge in [0.15, 0.2) is 0 Å². The molecule has 0 saturated carbocycles. The number of rotatable bonds is 3. The molecule has 6 heteroatoms. The Hall–Kier alpha value is -2.21. The van der Waals surface area contributed by atoms with Crippen LogP contribution in [0.25, 0.3) is 0 Å². The molecule has 0 heterocycles. The molecular formula is C14H8BrFO4. The summed E-state index contributed by atoms with van der Waals surface area (Å²) in [5.41, 5.74) is -0.448. The van der Waals surface area contributed by atoms with Crippen LogP contribution in [-0.2, 0) is 0 Å². The van der Waals surface area contributed by atoms with Crippen LogP contribution in [0.5, 0.6) is 5.75 Å². The Bertz CT molecular complexity index is 685. The second-order valence-corrected chi connectivity index (χ2v) is 4.73. The van der Waals surface area contributed by atoms with E-state index in [0.29, 0.717) is 4.47 Å². The molecule has 2 rings (SSSR count). The Balaban J connectivity index is 2.33. The molecule has 20 heavy (non-hydrogen) atoms. The number of hydrogen-bond donors (Lipinski definition) is 1. The van der Waals surface area contributed by atoms with Crippen LogP contribution in [-0.4, -0.2) is 17.0 Å². The van der Waals surface area contributed by atoms with Crippen molar-refractivity contribution in [1.82, 2.24) is 0 Å². The molecule has 0 atom stereocenters. The first-order valence-electron chi connectivity index (χ1n) is 5.48. The first kappa shape index (κ1) is 14.2. The van der Waals surface area contributed by atoms with E-state index in [4.69, 9.17) is 9.84 Å². The van der Waals surface area contributed by atoms with Crippen LogP contribution in [0, 0.1) is 5.82 Å². The Labute approximate surface area is 121 Å². The number of carbonyl (C=O) groups excluding carboxylic acids is 1. The fraction of sp³-hybridized carbons (Fsp3) is 0. The molecule has 0 aliphatic carbocycles. The molecule has 0 radical (unpaired) electrons. The summed E-state index contributed by atoms with van der Waals surface area (Å²) in [5.74, 6) is -3.07. The maximum atomic E-state index is 13.4. The molecule has 102 valence electrons. The Morgan fingerprint density at radius 1 is 1.10 bits per heavy atom. The van der Waals surface area contributed by atoms with E-state index < -0.39 is 17.8 Å². The summed E-state index contributed by atoms with van der Waals surface area (Å²) in [7, 11) is 0. The first-order valence-corrected chi connectivity index (χ1v) is 6.28. The van der Waals surface area contributed by atoms with Gasteiger partial charge in [-0.3, -0.25) is 0 Å². The van der Waals surface area contributed by atoms with Crippen molar-refractivity contribution in [2.24, 2.45) is 0 Å². The minimum absolute atomic E-state index is 0.144. The normalized spacial score (nSPS) is 10.1. The minimum Gasteiger partial charge on any atom is -0.478 e. The highest BCUT2D eigenvalue weighted by atomic mass is 79.9. The number of benzene rings is 2. The van der Waals surface area contributed by atoms with Crippen LogP contribution >= 0.6 is 15.9 Å². The number of carboxylic acid groups (broad SMARTS) is 1. The van der Waals surface area contributed by atoms with Crippen molar-refractivity contribution in [3.63, 3.8) is 0 Å². The van der Waals surface area contributed by atoms with Crippen LogP contribution in [0.2, 0.25) is 0 Å². The highest BCUT2D eigenvalue weighted by Gasteiger charge is 2.18. The van der Waals surface area contributed by atoms with Gasteiger partial charge in [-0.15, -0.1) is 0 Å². The second-order valence-electron chi connectivity index (χ2n) is 3.81. The van der Waals surface area contributed by atoms with E-state index in [1.165, 1.54) is 36.4 Å². The van der Waals surface area contributed by atoms with Crippen LogP contribution < -0.4 is 4.74 Å². The van der Waals surface area contributed by atoms with Gasteiger partial charge in [0.25, 0.3) is 0 Å². The van der Waals surface area contributed by atoms with Crippen molar-refractivity contribution >= 4 is 27.9 Å². The van der Waals surface area contributed by atoms with Gasteiger partial charge in [0.05, 0.1) is 5.56 Å². The largest absolute Gasteiger partial charge is 0.478 e. The minimum atomic E-state index is -1.25. The molecule has 0 aliphatic heterocycles. The van der Waals surface area contributed by atoms with Crippen LogP contribution in [0.4, 0.5) is 4.39 Å². The van der Waals surface area contributed by atoms with Crippen molar-refractivity contribution in [2.75, 3.05) is 0 Å². The summed E-state index contributed by atoms with van der Waals surface area (Å²) < 4.78 is 18.9. The van der Waals surface area contributed by atoms with Gasteiger partial charge in [-0.05, 0) is 30.3 Å². The van der Waals surface area contributed by atoms with E-state index in [-0.39, 0.29) is 16.9 Å². The van der Waals surface area contributed by atoms with Crippen LogP contribution in [0.1, 0.15) is 20.7 Å². The monoisotopic (exact) mass is 338 g/mol. The molecule has 0 amide bonds. The molecule has 0 fully saturated rings. The Morgan fingerprint density at radius 3 is 2.45 bits per heavy atom. The second kappa shape index (κ2) is 5.83. The number of ether oxygens (including phenoxy) is 1. The molecule has 0 saturated heterocycles. The van der Waals surface area contributed by atoms with Gasteiger partial charge in [-0.2, -0.15) is 0 Å².